The Hall–Kier alpha value is -10.2. The van der Waals surface area contributed by atoms with Gasteiger partial charge in [-0.05, 0) is 90.1 Å². The number of fused-ring (bicyclic) bond motifs is 6. The molecular formula is C60H45F9N12O9. The Bertz CT molecular complexity index is 4310. The number of nitrogens with two attached hydrogens (primary N) is 3. The summed E-state index contributed by atoms with van der Waals surface area (Å²) in [5, 5.41) is 27.1. The van der Waals surface area contributed by atoms with Gasteiger partial charge in [-0.3, -0.25) is 28.1 Å². The maximum Gasteiger partial charge on any atom is 0.341 e. The zero-order valence-electron chi connectivity index (χ0n) is 46.0. The highest BCUT2D eigenvalue weighted by atomic mass is 19.2. The standard InChI is InChI=1S/3C20H15F3N4O3/c3*21-8-1-2-15(13(22)3-8)27-7-12(20(29)30)17(28)9-4-14(23)19(25-18(9)27)26-5-10-11(6-26)16(10)24/h3*1-4,7,10-11,16H,5-6,24H2,(H,29,30)/t3*10-,11+,16?. The van der Waals surface area contributed by atoms with Crippen LogP contribution in [0.25, 0.3) is 50.2 Å². The predicted octanol–water partition coefficient (Wildman–Crippen LogP) is 5.68. The van der Waals surface area contributed by atoms with Crippen molar-refractivity contribution in [3.05, 3.63) is 191 Å². The molecule has 9 aromatic rings. The molecule has 0 amide bonds. The van der Waals surface area contributed by atoms with E-state index in [-0.39, 0.29) is 121 Å². The van der Waals surface area contributed by atoms with Gasteiger partial charge in [-0.2, -0.15) is 0 Å². The van der Waals surface area contributed by atoms with Gasteiger partial charge in [0.1, 0.15) is 51.6 Å². The Morgan fingerprint density at radius 3 is 0.822 bits per heavy atom. The number of aromatic nitrogens is 6. The van der Waals surface area contributed by atoms with E-state index in [1.165, 1.54) is 0 Å². The highest BCUT2D eigenvalue weighted by molar-refractivity contribution is 5.95. The Labute approximate surface area is 497 Å². The van der Waals surface area contributed by atoms with Crippen molar-refractivity contribution in [2.75, 3.05) is 54.0 Å². The molecule has 3 saturated carbocycles. The number of pyridine rings is 6. The van der Waals surface area contributed by atoms with E-state index in [2.05, 4.69) is 15.0 Å². The molecule has 0 radical (unpaired) electrons. The number of benzene rings is 3. The predicted molar refractivity (Wildman–Crippen MR) is 304 cm³/mol. The Morgan fingerprint density at radius 1 is 0.378 bits per heavy atom. The average Bonchev–Trinajstić information content (AvgIpc) is 1.63. The van der Waals surface area contributed by atoms with Crippen LogP contribution in [0.2, 0.25) is 0 Å². The summed E-state index contributed by atoms with van der Waals surface area (Å²) >= 11 is 0. The van der Waals surface area contributed by atoms with Crippen LogP contribution >= 0.6 is 0 Å². The molecule has 15 rings (SSSR count). The lowest BCUT2D eigenvalue weighted by Gasteiger charge is -2.22. The molecule has 6 aliphatic rings. The number of hydrogen-bond donors (Lipinski definition) is 6. The molecule has 9 atom stereocenters. The third-order valence-corrected chi connectivity index (χ3v) is 17.6. The van der Waals surface area contributed by atoms with Crippen LogP contribution in [0.4, 0.5) is 57.0 Å². The van der Waals surface area contributed by atoms with Crippen LogP contribution in [0.1, 0.15) is 31.1 Å². The summed E-state index contributed by atoms with van der Waals surface area (Å²) in [7, 11) is 0. The third kappa shape index (κ3) is 9.95. The van der Waals surface area contributed by atoms with E-state index in [4.69, 9.17) is 17.2 Å². The first-order chi connectivity index (χ1) is 42.8. The fraction of sp³-hybridized carbons (Fsp3) is 0.250. The van der Waals surface area contributed by atoms with Crippen LogP contribution in [0, 0.1) is 87.9 Å². The number of carboxylic acid groups (broad SMARTS) is 3. The van der Waals surface area contributed by atoms with Crippen molar-refractivity contribution in [1.29, 1.82) is 0 Å². The molecule has 3 aromatic carbocycles. The normalized spacial score (nSPS) is 22.4. The summed E-state index contributed by atoms with van der Waals surface area (Å²) in [6.45, 7) is 3.02. The number of halogens is 9. The first-order valence-electron chi connectivity index (χ1n) is 27.6. The maximum atomic E-state index is 14.8. The van der Waals surface area contributed by atoms with E-state index in [9.17, 15) is 83.6 Å². The van der Waals surface area contributed by atoms with Gasteiger partial charge in [-0.1, -0.05) is 0 Å². The molecule has 6 aromatic heterocycles. The summed E-state index contributed by atoms with van der Waals surface area (Å²) in [5.41, 5.74) is 11.8. The molecule has 9 N–H and O–H groups in total. The third-order valence-electron chi connectivity index (χ3n) is 17.6. The van der Waals surface area contributed by atoms with Gasteiger partial charge in [0.2, 0.25) is 16.3 Å². The molecular weight excluding hydrogens is 1200 g/mol. The van der Waals surface area contributed by atoms with Crippen molar-refractivity contribution in [1.82, 2.24) is 28.7 Å². The van der Waals surface area contributed by atoms with Gasteiger partial charge in [0.15, 0.2) is 51.8 Å². The first kappa shape index (κ1) is 58.8. The maximum absolute atomic E-state index is 14.8. The molecule has 0 bridgehead atoms. The van der Waals surface area contributed by atoms with Crippen LogP contribution in [0.5, 0.6) is 0 Å². The van der Waals surface area contributed by atoms with Gasteiger partial charge in [0, 0.05) is 94.2 Å². The Balaban J connectivity index is 0.000000124. The number of aromatic carboxylic acids is 3. The van der Waals surface area contributed by atoms with E-state index in [1.54, 1.807) is 14.7 Å². The minimum absolute atomic E-state index is 0.0272. The van der Waals surface area contributed by atoms with Gasteiger partial charge in [-0.25, -0.2) is 68.8 Å². The van der Waals surface area contributed by atoms with Gasteiger partial charge >= 0.3 is 17.9 Å². The number of rotatable bonds is 9. The fourth-order valence-corrected chi connectivity index (χ4v) is 12.6. The topological polar surface area (TPSA) is 304 Å². The molecule has 3 unspecified atom stereocenters. The molecule has 3 aliphatic heterocycles. The van der Waals surface area contributed by atoms with E-state index in [0.717, 1.165) is 86.9 Å². The molecule has 21 nitrogen and oxygen atoms in total. The lowest BCUT2D eigenvalue weighted by molar-refractivity contribution is 0.0684. The quantitative estimate of drug-likeness (QED) is 0.0947. The highest BCUT2D eigenvalue weighted by Crippen LogP contribution is 2.48. The van der Waals surface area contributed by atoms with Crippen LogP contribution in [-0.4, -0.2) is 119 Å². The second-order valence-electron chi connectivity index (χ2n) is 22.9. The SMILES string of the molecule is NC1[C@H]2CN(c3nc4c(cc3F)c(=O)c(C(=O)O)cn4-c3ccc(F)cc3F)C[C@@H]12.NC1[C@H]2CN(c3nc4c(cc3F)c(=O)c(C(=O)O)cn4-c3ccc(F)cc3F)C[C@@H]12.NC1[C@H]2CN(c3nc4c(cc3F)c(=O)c(C(=O)O)cn4-c3ccc(F)cc3F)C[C@@H]12. The Kier molecular flexibility index (Phi) is 14.1. The second kappa shape index (κ2) is 21.5. The van der Waals surface area contributed by atoms with Crippen LogP contribution in [0.3, 0.4) is 0 Å². The van der Waals surface area contributed by atoms with Crippen LogP contribution < -0.4 is 48.2 Å². The summed E-state index contributed by atoms with van der Waals surface area (Å²) < 4.78 is 131. The summed E-state index contributed by atoms with van der Waals surface area (Å²) in [6.07, 6.45) is 2.74. The number of anilines is 3. The molecule has 9 heterocycles. The lowest BCUT2D eigenvalue weighted by atomic mass is 10.1. The number of piperidine rings is 3. The molecule has 3 saturated heterocycles. The van der Waals surface area contributed by atoms with Crippen LogP contribution in [0.15, 0.2) is 106 Å². The minimum Gasteiger partial charge on any atom is -0.477 e. The van der Waals surface area contributed by atoms with Gasteiger partial charge in [-0.15, -0.1) is 0 Å². The lowest BCUT2D eigenvalue weighted by Crippen LogP contribution is -2.30. The summed E-state index contributed by atoms with van der Waals surface area (Å²) in [4.78, 5) is 90.2. The largest absolute Gasteiger partial charge is 0.477 e. The molecule has 0 spiro atoms. The summed E-state index contributed by atoms with van der Waals surface area (Å²) in [6, 6.07) is 11.1. The van der Waals surface area contributed by atoms with Crippen molar-refractivity contribution < 1.29 is 69.2 Å². The van der Waals surface area contributed by atoms with Crippen molar-refractivity contribution in [3.63, 3.8) is 0 Å². The number of carboxylic acids is 3. The van der Waals surface area contributed by atoms with Crippen molar-refractivity contribution in [2.24, 2.45) is 52.7 Å². The number of nitrogens with zero attached hydrogens (tertiary/aromatic N) is 9. The molecule has 462 valence electrons. The second-order valence-corrected chi connectivity index (χ2v) is 22.9. The van der Waals surface area contributed by atoms with E-state index >= 15 is 0 Å². The average molecular weight is 1250 g/mol. The van der Waals surface area contributed by atoms with Crippen molar-refractivity contribution >= 4 is 68.5 Å². The van der Waals surface area contributed by atoms with Gasteiger partial charge < -0.3 is 47.2 Å². The molecule has 3 aliphatic carbocycles. The van der Waals surface area contributed by atoms with Crippen molar-refractivity contribution in [2.45, 2.75) is 18.1 Å². The number of hydrogen-bond acceptors (Lipinski definition) is 15. The van der Waals surface area contributed by atoms with Crippen LogP contribution in [-0.2, 0) is 0 Å². The van der Waals surface area contributed by atoms with E-state index in [0.29, 0.717) is 57.5 Å². The summed E-state index contributed by atoms with van der Waals surface area (Å²) in [5.74, 6) is -11.1. The Morgan fingerprint density at radius 2 is 0.611 bits per heavy atom. The molecule has 90 heavy (non-hydrogen) atoms. The highest BCUT2D eigenvalue weighted by Gasteiger charge is 2.56. The smallest absolute Gasteiger partial charge is 0.341 e. The van der Waals surface area contributed by atoms with E-state index < -0.39 is 103 Å². The number of carbonyl (C=O) groups is 3. The molecule has 30 heteroatoms. The zero-order chi connectivity index (χ0) is 64.0. The first-order valence-corrected chi connectivity index (χ1v) is 27.6. The van der Waals surface area contributed by atoms with E-state index in [1.807, 2.05) is 0 Å². The van der Waals surface area contributed by atoms with Gasteiger partial charge in [0.05, 0.1) is 33.2 Å². The minimum atomic E-state index is -1.56. The zero-order valence-corrected chi connectivity index (χ0v) is 46.0. The van der Waals surface area contributed by atoms with Crippen molar-refractivity contribution in [3.8, 4) is 17.1 Å². The van der Waals surface area contributed by atoms with Gasteiger partial charge in [0.25, 0.3) is 0 Å². The molecule has 6 fully saturated rings. The fourth-order valence-electron chi connectivity index (χ4n) is 12.6. The monoisotopic (exact) mass is 1250 g/mol.